The van der Waals surface area contributed by atoms with Gasteiger partial charge in [-0.3, -0.25) is 14.4 Å². The van der Waals surface area contributed by atoms with Gasteiger partial charge in [-0.2, -0.15) is 9.65 Å². The van der Waals surface area contributed by atoms with Crippen LogP contribution >= 0.6 is 34.5 Å². The van der Waals surface area contributed by atoms with Crippen LogP contribution in [0.1, 0.15) is 67.4 Å². The number of halogens is 6. The Bertz CT molecular complexity index is 2780. The number of nitriles is 1. The zero-order chi connectivity index (χ0) is 50.3. The number of methoxy groups -OCH3 is 1. The number of rotatable bonds is 17. The summed E-state index contributed by atoms with van der Waals surface area (Å²) in [5.41, 5.74) is -1.48. The van der Waals surface area contributed by atoms with Gasteiger partial charge in [0.15, 0.2) is 23.3 Å². The second-order valence-electron chi connectivity index (χ2n) is 18.0. The van der Waals surface area contributed by atoms with Crippen LogP contribution in [0, 0.1) is 40.0 Å². The number of unbranched alkanes of at least 4 members (excludes halogenated alkanes) is 1. The Labute approximate surface area is 416 Å². The minimum Gasteiger partial charge on any atom is -0.495 e. The molecule has 4 atom stereocenters. The summed E-state index contributed by atoms with van der Waals surface area (Å²) < 4.78 is 77.9. The molecule has 20 heteroatoms. The van der Waals surface area contributed by atoms with Crippen molar-refractivity contribution in [3.63, 3.8) is 0 Å². The van der Waals surface area contributed by atoms with Crippen molar-refractivity contribution in [2.45, 2.75) is 63.5 Å². The van der Waals surface area contributed by atoms with Crippen molar-refractivity contribution in [2.24, 2.45) is 5.41 Å². The van der Waals surface area contributed by atoms with E-state index in [4.69, 9.17) is 37.4 Å². The third-order valence-electron chi connectivity index (χ3n) is 12.1. The number of thiazole rings is 1. The third kappa shape index (κ3) is 11.5. The van der Waals surface area contributed by atoms with E-state index in [1.807, 2.05) is 25.7 Å². The van der Waals surface area contributed by atoms with Gasteiger partial charge in [0.2, 0.25) is 11.7 Å². The first-order valence-corrected chi connectivity index (χ1v) is 24.1. The Morgan fingerprint density at radius 2 is 1.71 bits per heavy atom. The first-order valence-electron chi connectivity index (χ1n) is 22.5. The Kier molecular flexibility index (Phi) is 16.6. The zero-order valence-electron chi connectivity index (χ0n) is 38.7. The molecule has 0 bridgehead atoms. The van der Waals surface area contributed by atoms with Gasteiger partial charge in [0.1, 0.15) is 22.8 Å². The van der Waals surface area contributed by atoms with Gasteiger partial charge in [0.05, 0.1) is 48.8 Å². The first-order chi connectivity index (χ1) is 33.4. The topological polar surface area (TPSA) is 167 Å². The van der Waals surface area contributed by atoms with Crippen LogP contribution in [0.4, 0.5) is 28.4 Å². The van der Waals surface area contributed by atoms with Crippen LogP contribution in [0.3, 0.4) is 0 Å². The smallest absolute Gasteiger partial charge is 0.257 e. The zero-order valence-corrected chi connectivity index (χ0v) is 41.0. The van der Waals surface area contributed by atoms with Crippen LogP contribution in [0.5, 0.6) is 11.5 Å². The molecule has 2 saturated heterocycles. The van der Waals surface area contributed by atoms with E-state index in [1.165, 1.54) is 73.0 Å². The summed E-state index contributed by atoms with van der Waals surface area (Å²) in [6, 6.07) is 15.0. The summed E-state index contributed by atoms with van der Waals surface area (Å²) in [4.78, 5) is 47.1. The summed E-state index contributed by atoms with van der Waals surface area (Å²) in [6.45, 7) is 8.06. The highest BCUT2D eigenvalue weighted by Gasteiger charge is 2.61. The standard InChI is InChI=1S/C50H51Cl2F4N7O6S/c1-49(2,3)24-39-50(27-57,32-13-11-29(51)23-35(32)54)41(31-8-7-9-33(52)42(31)55)44(62-39)47(66)60-36-15-10-28(22-38(36)67-4)46(65)59-17-6-5-16-58-40(64)25-69-45-30(12-14-34(53)43(45)56)37-26-70-48(61-37)63-18-20-68-21-19-63/h7-15,22-23,26,39,41,44,62H,5-6,16-21,24-25H2,1-4H3,(H,58,64)(H,59,65)(H,60,66)/t39?,41?,44-,50?/m0/s1. The molecule has 2 aliphatic heterocycles. The minimum absolute atomic E-state index is 0.0658. The van der Waals surface area contributed by atoms with Crippen molar-refractivity contribution >= 4 is 63.1 Å². The molecule has 7 rings (SSSR count). The lowest BCUT2D eigenvalue weighted by molar-refractivity contribution is -0.123. The number of carbonyl (C=O) groups excluding carboxylic acids is 3. The molecule has 4 aromatic carbocycles. The number of carbonyl (C=O) groups is 3. The molecule has 2 fully saturated rings. The van der Waals surface area contributed by atoms with Gasteiger partial charge in [-0.15, -0.1) is 11.3 Å². The molecule has 0 spiro atoms. The van der Waals surface area contributed by atoms with Crippen LogP contribution in [-0.4, -0.2) is 87.9 Å². The van der Waals surface area contributed by atoms with Gasteiger partial charge < -0.3 is 40.4 Å². The Hall–Kier alpha value is -5.97. The number of anilines is 2. The summed E-state index contributed by atoms with van der Waals surface area (Å²) in [6.07, 6.45) is 1.18. The predicted molar refractivity (Wildman–Crippen MR) is 260 cm³/mol. The predicted octanol–water partition coefficient (Wildman–Crippen LogP) is 9.18. The fraction of sp³-hybridized carbons (Fsp3) is 0.380. The van der Waals surface area contributed by atoms with Crippen LogP contribution in [0.2, 0.25) is 10.0 Å². The Morgan fingerprint density at radius 1 is 0.971 bits per heavy atom. The SMILES string of the molecule is COc1cc(C(=O)NCCCCNC(=O)COc2c(-c3csc(N4CCOCC4)n3)ccc(F)c2F)ccc1NC(=O)[C@H]1NC(CC(C)(C)C)C(C#N)(c2ccc(Cl)cc2F)C1c1cccc(Cl)c1F. The van der Waals surface area contributed by atoms with E-state index in [-0.39, 0.29) is 63.2 Å². The molecule has 3 heterocycles. The van der Waals surface area contributed by atoms with E-state index < -0.39 is 82.2 Å². The number of nitrogens with one attached hydrogen (secondary N) is 4. The quantitative estimate of drug-likeness (QED) is 0.0521. The number of nitrogens with zero attached hydrogens (tertiary/aromatic N) is 3. The summed E-state index contributed by atoms with van der Waals surface area (Å²) >= 11 is 13.8. The van der Waals surface area contributed by atoms with E-state index in [2.05, 4.69) is 32.3 Å². The number of amides is 3. The average molecular weight is 1020 g/mol. The normalized spacial score (nSPS) is 19.0. The summed E-state index contributed by atoms with van der Waals surface area (Å²) in [5.74, 6) is -7.34. The van der Waals surface area contributed by atoms with E-state index in [0.717, 1.165) is 12.1 Å². The Morgan fingerprint density at radius 3 is 2.41 bits per heavy atom. The molecule has 70 heavy (non-hydrogen) atoms. The van der Waals surface area contributed by atoms with Gasteiger partial charge in [0, 0.05) is 65.2 Å². The van der Waals surface area contributed by atoms with Crippen molar-refractivity contribution < 1.29 is 46.2 Å². The van der Waals surface area contributed by atoms with E-state index in [1.54, 1.807) is 5.38 Å². The number of hydrogen-bond acceptors (Lipinski definition) is 11. The van der Waals surface area contributed by atoms with Crippen LogP contribution in [0.25, 0.3) is 11.3 Å². The Balaban J connectivity index is 0.963. The first kappa shape index (κ1) is 51.9. The maximum Gasteiger partial charge on any atom is 0.257 e. The second-order valence-corrected chi connectivity index (χ2v) is 19.7. The molecule has 4 N–H and O–H groups in total. The number of aromatic nitrogens is 1. The molecular formula is C50H51Cl2F4N7O6S. The molecule has 0 radical (unpaired) electrons. The highest BCUT2D eigenvalue weighted by atomic mass is 35.5. The van der Waals surface area contributed by atoms with Crippen molar-refractivity contribution in [1.29, 1.82) is 5.26 Å². The van der Waals surface area contributed by atoms with E-state index >= 15 is 8.78 Å². The van der Waals surface area contributed by atoms with Gasteiger partial charge in [-0.1, -0.05) is 62.2 Å². The highest BCUT2D eigenvalue weighted by molar-refractivity contribution is 7.14. The van der Waals surface area contributed by atoms with Gasteiger partial charge in [-0.25, -0.2) is 18.2 Å². The lowest BCUT2D eigenvalue weighted by Gasteiger charge is -2.37. The molecule has 2 aliphatic rings. The van der Waals surface area contributed by atoms with Crippen molar-refractivity contribution in [2.75, 3.05) is 63.3 Å². The molecule has 1 aromatic heterocycles. The minimum atomic E-state index is -1.84. The van der Waals surface area contributed by atoms with Crippen molar-refractivity contribution in [1.82, 2.24) is 20.9 Å². The fourth-order valence-electron chi connectivity index (χ4n) is 8.84. The molecule has 3 amide bonds. The van der Waals surface area contributed by atoms with Crippen molar-refractivity contribution in [3.05, 3.63) is 122 Å². The molecule has 5 aromatic rings. The van der Waals surface area contributed by atoms with Crippen LogP contribution < -0.4 is 35.6 Å². The van der Waals surface area contributed by atoms with Crippen LogP contribution in [0.15, 0.2) is 72.1 Å². The third-order valence-corrected chi connectivity index (χ3v) is 13.5. The number of morpholine rings is 1. The molecule has 370 valence electrons. The summed E-state index contributed by atoms with van der Waals surface area (Å²) in [7, 11) is 1.35. The number of benzene rings is 4. The highest BCUT2D eigenvalue weighted by Crippen LogP contribution is 2.53. The summed E-state index contributed by atoms with van der Waals surface area (Å²) in [5, 5.41) is 25.0. The van der Waals surface area contributed by atoms with Crippen molar-refractivity contribution in [3.8, 4) is 28.8 Å². The monoisotopic (exact) mass is 1020 g/mol. The number of ether oxygens (including phenoxy) is 3. The van der Waals surface area contributed by atoms with E-state index in [9.17, 15) is 28.4 Å². The van der Waals surface area contributed by atoms with Gasteiger partial charge in [0.25, 0.3) is 11.8 Å². The second kappa shape index (κ2) is 22.4. The maximum absolute atomic E-state index is 16.1. The van der Waals surface area contributed by atoms with Gasteiger partial charge >= 0.3 is 0 Å². The lowest BCUT2D eigenvalue weighted by Crippen LogP contribution is -2.45. The molecular weight excluding hydrogens is 974 g/mol. The molecule has 0 aliphatic carbocycles. The molecule has 3 unspecified atom stereocenters. The largest absolute Gasteiger partial charge is 0.495 e. The van der Waals surface area contributed by atoms with E-state index in [0.29, 0.717) is 50.0 Å². The lowest BCUT2D eigenvalue weighted by atomic mass is 9.62. The number of hydrogen-bond donors (Lipinski definition) is 4. The average Bonchev–Trinajstić information content (AvgIpc) is 3.95. The molecule has 13 nitrogen and oxygen atoms in total. The van der Waals surface area contributed by atoms with Gasteiger partial charge in [-0.05, 0) is 78.8 Å². The fourth-order valence-corrected chi connectivity index (χ4v) is 10.1. The molecule has 0 saturated carbocycles. The maximum atomic E-state index is 16.1. The van der Waals surface area contributed by atoms with Crippen LogP contribution in [-0.2, 0) is 19.7 Å².